The van der Waals surface area contributed by atoms with Crippen molar-refractivity contribution >= 4 is 23.5 Å². The third-order valence-corrected chi connectivity index (χ3v) is 6.05. The van der Waals surface area contributed by atoms with E-state index in [0.717, 1.165) is 21.7 Å². The van der Waals surface area contributed by atoms with Crippen molar-refractivity contribution in [2.24, 2.45) is 11.5 Å². The summed E-state index contributed by atoms with van der Waals surface area (Å²) in [4.78, 5) is 25.6. The van der Waals surface area contributed by atoms with Crippen molar-refractivity contribution < 1.29 is 40.3 Å². The van der Waals surface area contributed by atoms with Crippen molar-refractivity contribution in [3.63, 3.8) is 0 Å². The van der Waals surface area contributed by atoms with Crippen molar-refractivity contribution in [1.82, 2.24) is 14.7 Å². The van der Waals surface area contributed by atoms with Crippen LogP contribution in [0.5, 0.6) is 0 Å². The lowest BCUT2D eigenvalue weighted by atomic mass is 9.92. The molecule has 7 nitrogen and oxygen atoms in total. The number of rotatable bonds is 3. The first kappa shape index (κ1) is 26.3. The number of nitrogens with zero attached hydrogens (tertiary/aromatic N) is 3. The standard InChI is InChI=1S/C22H15ClF7N5O2/c23-13-7-9(1-2-14(13)24)16-15(19(31)36)18-17(34(20(32)37)3-4-35(18)33-16)10-5-11(21(25,26)27)8-12(6-10)22(28,29)30/h1-2,5-8,17H,3-4H2,(H2,31,36)(H2,32,37). The highest BCUT2D eigenvalue weighted by molar-refractivity contribution is 6.31. The van der Waals surface area contributed by atoms with Gasteiger partial charge < -0.3 is 16.4 Å². The van der Waals surface area contributed by atoms with Crippen LogP contribution in [-0.2, 0) is 18.9 Å². The molecule has 1 aromatic heterocycles. The van der Waals surface area contributed by atoms with Crippen molar-refractivity contribution in [2.75, 3.05) is 6.54 Å². The summed E-state index contributed by atoms with van der Waals surface area (Å²) in [7, 11) is 0. The van der Waals surface area contributed by atoms with Gasteiger partial charge in [-0.1, -0.05) is 11.6 Å². The van der Waals surface area contributed by atoms with Crippen molar-refractivity contribution in [3.8, 4) is 11.3 Å². The lowest BCUT2D eigenvalue weighted by Gasteiger charge is -2.36. The number of carbonyl (C=O) groups excluding carboxylic acids is 2. The van der Waals surface area contributed by atoms with Gasteiger partial charge in [-0.15, -0.1) is 0 Å². The lowest BCUT2D eigenvalue weighted by molar-refractivity contribution is -0.143. The molecule has 0 aliphatic carbocycles. The van der Waals surface area contributed by atoms with Crippen molar-refractivity contribution in [3.05, 3.63) is 75.2 Å². The van der Waals surface area contributed by atoms with E-state index in [4.69, 9.17) is 23.1 Å². The van der Waals surface area contributed by atoms with Crippen LogP contribution in [0.4, 0.5) is 35.5 Å². The quantitative estimate of drug-likeness (QED) is 0.451. The van der Waals surface area contributed by atoms with Gasteiger partial charge in [-0.05, 0) is 42.0 Å². The first-order chi connectivity index (χ1) is 17.1. The second-order valence-corrected chi connectivity index (χ2v) is 8.51. The normalized spacial score (nSPS) is 16.0. The van der Waals surface area contributed by atoms with Crippen LogP contribution < -0.4 is 11.5 Å². The number of hydrogen-bond acceptors (Lipinski definition) is 3. The Morgan fingerprint density at radius 2 is 1.54 bits per heavy atom. The van der Waals surface area contributed by atoms with E-state index in [9.17, 15) is 40.3 Å². The van der Waals surface area contributed by atoms with Crippen LogP contribution in [0.2, 0.25) is 5.02 Å². The van der Waals surface area contributed by atoms with Gasteiger partial charge in [0.2, 0.25) is 0 Å². The molecular formula is C22H15ClF7N5O2. The third kappa shape index (κ3) is 4.80. The average Bonchev–Trinajstić information content (AvgIpc) is 3.18. The number of urea groups is 1. The summed E-state index contributed by atoms with van der Waals surface area (Å²) in [6, 6.07) is 1.20. The summed E-state index contributed by atoms with van der Waals surface area (Å²) < 4.78 is 96.1. The summed E-state index contributed by atoms with van der Waals surface area (Å²) in [6.07, 6.45) is -10.4. The Labute approximate surface area is 208 Å². The Hall–Kier alpha value is -3.81. The molecule has 2 aromatic carbocycles. The number of nitrogens with two attached hydrogens (primary N) is 2. The summed E-state index contributed by atoms with van der Waals surface area (Å²) >= 11 is 5.82. The molecule has 1 aliphatic rings. The molecule has 0 fully saturated rings. The van der Waals surface area contributed by atoms with E-state index in [1.54, 1.807) is 0 Å². The minimum absolute atomic E-state index is 0.0703. The first-order valence-electron chi connectivity index (χ1n) is 10.3. The molecule has 0 spiro atoms. The van der Waals surface area contributed by atoms with E-state index in [-0.39, 0.29) is 41.1 Å². The van der Waals surface area contributed by atoms with Crippen LogP contribution in [0.25, 0.3) is 11.3 Å². The third-order valence-electron chi connectivity index (χ3n) is 5.76. The number of aromatic nitrogens is 2. The van der Waals surface area contributed by atoms with Crippen LogP contribution in [0.15, 0.2) is 36.4 Å². The molecule has 1 unspecified atom stereocenters. The Morgan fingerprint density at radius 1 is 0.946 bits per heavy atom. The molecule has 37 heavy (non-hydrogen) atoms. The maximum atomic E-state index is 13.7. The highest BCUT2D eigenvalue weighted by Gasteiger charge is 2.42. The van der Waals surface area contributed by atoms with Gasteiger partial charge in [-0.2, -0.15) is 31.4 Å². The van der Waals surface area contributed by atoms with Crippen LogP contribution in [0.1, 0.15) is 38.8 Å². The zero-order valence-corrected chi connectivity index (χ0v) is 19.0. The van der Waals surface area contributed by atoms with Crippen LogP contribution in [0, 0.1) is 5.82 Å². The second kappa shape index (κ2) is 8.94. The zero-order valence-electron chi connectivity index (χ0n) is 18.3. The fraction of sp³-hybridized carbons (Fsp3) is 0.227. The van der Waals surface area contributed by atoms with Crippen LogP contribution in [0.3, 0.4) is 0 Å². The Morgan fingerprint density at radius 3 is 2.03 bits per heavy atom. The molecule has 1 aliphatic heterocycles. The van der Waals surface area contributed by atoms with E-state index in [2.05, 4.69) is 5.10 Å². The fourth-order valence-corrected chi connectivity index (χ4v) is 4.38. The van der Waals surface area contributed by atoms with Gasteiger partial charge in [-0.3, -0.25) is 9.48 Å². The number of benzene rings is 2. The molecule has 4 rings (SSSR count). The summed E-state index contributed by atoms with van der Waals surface area (Å²) in [6.45, 7) is -0.400. The molecule has 0 saturated carbocycles. The maximum absolute atomic E-state index is 13.7. The Kier molecular flexibility index (Phi) is 6.34. The molecule has 196 valence electrons. The Bertz CT molecular complexity index is 1390. The molecule has 1 atom stereocenters. The summed E-state index contributed by atoms with van der Waals surface area (Å²) in [5.74, 6) is -1.95. The first-order valence-corrected chi connectivity index (χ1v) is 10.7. The van der Waals surface area contributed by atoms with E-state index in [0.29, 0.717) is 12.1 Å². The van der Waals surface area contributed by atoms with Gasteiger partial charge in [0.1, 0.15) is 17.6 Å². The lowest BCUT2D eigenvalue weighted by Crippen LogP contribution is -2.46. The number of hydrogen-bond donors (Lipinski definition) is 2. The van der Waals surface area contributed by atoms with Crippen molar-refractivity contribution in [2.45, 2.75) is 24.9 Å². The predicted molar refractivity (Wildman–Crippen MR) is 116 cm³/mol. The molecule has 0 radical (unpaired) electrons. The smallest absolute Gasteiger partial charge is 0.365 e. The topological polar surface area (TPSA) is 107 Å². The SMILES string of the molecule is NC(=O)c1c(-c2ccc(F)c(Cl)c2)nn2c1C(c1cc(C(F)(F)F)cc(C(F)(F)F)c1)N(C(N)=O)CC2. The second-order valence-electron chi connectivity index (χ2n) is 8.10. The minimum atomic E-state index is -5.18. The number of primary amides is 2. The number of alkyl halides is 6. The molecular weight excluding hydrogens is 535 g/mol. The molecule has 3 aromatic rings. The van der Waals surface area contributed by atoms with Gasteiger partial charge in [0, 0.05) is 12.1 Å². The molecule has 15 heteroatoms. The van der Waals surface area contributed by atoms with Crippen LogP contribution in [-0.4, -0.2) is 33.2 Å². The number of carbonyl (C=O) groups is 2. The van der Waals surface area contributed by atoms with Gasteiger partial charge in [0.25, 0.3) is 5.91 Å². The maximum Gasteiger partial charge on any atom is 0.416 e. The number of amides is 3. The number of halogens is 8. The van der Waals surface area contributed by atoms with Gasteiger partial charge >= 0.3 is 18.4 Å². The number of fused-ring (bicyclic) bond motifs is 1. The molecule has 0 saturated heterocycles. The highest BCUT2D eigenvalue weighted by Crippen LogP contribution is 2.43. The molecule has 4 N–H and O–H groups in total. The predicted octanol–water partition coefficient (Wildman–Crippen LogP) is 4.96. The Balaban J connectivity index is 2.04. The average molecular weight is 550 g/mol. The van der Waals surface area contributed by atoms with E-state index < -0.39 is 58.4 Å². The zero-order chi connectivity index (χ0) is 27.4. The summed E-state index contributed by atoms with van der Waals surface area (Å²) in [5, 5.41) is 3.89. The minimum Gasteiger partial charge on any atom is -0.365 e. The molecule has 0 bridgehead atoms. The fourth-order valence-electron chi connectivity index (χ4n) is 4.20. The monoisotopic (exact) mass is 549 g/mol. The molecule has 3 amide bonds. The van der Waals surface area contributed by atoms with Gasteiger partial charge in [0.15, 0.2) is 0 Å². The van der Waals surface area contributed by atoms with E-state index >= 15 is 0 Å². The van der Waals surface area contributed by atoms with E-state index in [1.807, 2.05) is 0 Å². The van der Waals surface area contributed by atoms with Gasteiger partial charge in [0.05, 0.1) is 34.0 Å². The summed E-state index contributed by atoms with van der Waals surface area (Å²) in [5.41, 5.74) is 6.32. The largest absolute Gasteiger partial charge is 0.416 e. The van der Waals surface area contributed by atoms with E-state index in [1.165, 1.54) is 6.07 Å². The van der Waals surface area contributed by atoms with Crippen molar-refractivity contribution in [1.29, 1.82) is 0 Å². The molecule has 2 heterocycles. The van der Waals surface area contributed by atoms with Gasteiger partial charge in [-0.25, -0.2) is 9.18 Å². The highest BCUT2D eigenvalue weighted by atomic mass is 35.5. The van der Waals surface area contributed by atoms with Crippen LogP contribution >= 0.6 is 11.6 Å².